The Kier molecular flexibility index (Phi) is 8.42. The predicted molar refractivity (Wildman–Crippen MR) is 94.4 cm³/mol. The van der Waals surface area contributed by atoms with Crippen molar-refractivity contribution in [3.8, 4) is 0 Å². The highest BCUT2D eigenvalue weighted by molar-refractivity contribution is 7.09. The molecule has 3 N–H and O–H groups in total. The molecule has 5 nitrogen and oxygen atoms in total. The lowest BCUT2D eigenvalue weighted by atomic mass is 9.93. The Morgan fingerprint density at radius 3 is 2.45 bits per heavy atom. The fourth-order valence-corrected chi connectivity index (χ4v) is 3.15. The predicted octanol–water partition coefficient (Wildman–Crippen LogP) is 2.84. The van der Waals surface area contributed by atoms with Gasteiger partial charge in [-0.05, 0) is 26.7 Å². The third-order valence-corrected chi connectivity index (χ3v) is 4.51. The summed E-state index contributed by atoms with van der Waals surface area (Å²) in [5.41, 5.74) is 2.24. The Morgan fingerprint density at radius 1 is 1.27 bits per heavy atom. The van der Waals surface area contributed by atoms with Crippen molar-refractivity contribution in [1.82, 2.24) is 15.6 Å². The molecule has 126 valence electrons. The van der Waals surface area contributed by atoms with Crippen LogP contribution < -0.4 is 10.6 Å². The monoisotopic (exact) mass is 326 g/mol. The van der Waals surface area contributed by atoms with Crippen LogP contribution in [0.25, 0.3) is 0 Å². The molecular formula is C16H30N4OS. The molecule has 0 aromatic carbocycles. The van der Waals surface area contributed by atoms with Gasteiger partial charge in [-0.3, -0.25) is 0 Å². The smallest absolute Gasteiger partial charge is 0.191 e. The first-order chi connectivity index (χ1) is 10.5. The second-order valence-corrected chi connectivity index (χ2v) is 6.57. The number of aliphatic hydroxyl groups is 1. The minimum absolute atomic E-state index is 0.530. The van der Waals surface area contributed by atoms with Crippen LogP contribution in [-0.4, -0.2) is 34.7 Å². The molecule has 1 aromatic heterocycles. The van der Waals surface area contributed by atoms with Crippen LogP contribution in [0.3, 0.4) is 0 Å². The van der Waals surface area contributed by atoms with Gasteiger partial charge in [-0.2, -0.15) is 0 Å². The quantitative estimate of drug-likeness (QED) is 0.482. The van der Waals surface area contributed by atoms with Crippen molar-refractivity contribution in [3.63, 3.8) is 0 Å². The second kappa shape index (κ2) is 9.79. The van der Waals surface area contributed by atoms with E-state index in [9.17, 15) is 5.11 Å². The van der Waals surface area contributed by atoms with Crippen LogP contribution >= 0.6 is 11.3 Å². The van der Waals surface area contributed by atoms with Gasteiger partial charge >= 0.3 is 0 Å². The van der Waals surface area contributed by atoms with Gasteiger partial charge in [0, 0.05) is 18.0 Å². The van der Waals surface area contributed by atoms with E-state index in [1.165, 1.54) is 4.88 Å². The van der Waals surface area contributed by atoms with E-state index in [1.54, 1.807) is 11.3 Å². The highest BCUT2D eigenvalue weighted by Crippen LogP contribution is 2.18. The third-order valence-electron chi connectivity index (χ3n) is 3.59. The van der Waals surface area contributed by atoms with Crippen molar-refractivity contribution in [3.05, 3.63) is 16.1 Å². The maximum Gasteiger partial charge on any atom is 0.191 e. The molecule has 0 amide bonds. The third kappa shape index (κ3) is 6.32. The highest BCUT2D eigenvalue weighted by Gasteiger charge is 2.24. The topological polar surface area (TPSA) is 69.5 Å². The first-order valence-corrected chi connectivity index (χ1v) is 9.06. The van der Waals surface area contributed by atoms with Crippen molar-refractivity contribution in [2.75, 3.05) is 13.1 Å². The molecule has 1 rings (SSSR count). The largest absolute Gasteiger partial charge is 0.388 e. The van der Waals surface area contributed by atoms with Crippen LogP contribution in [0.4, 0.5) is 0 Å². The Bertz CT molecular complexity index is 453. The Hall–Kier alpha value is -1.14. The summed E-state index contributed by atoms with van der Waals surface area (Å²) in [7, 11) is 0. The number of guanidine groups is 1. The molecule has 22 heavy (non-hydrogen) atoms. The number of rotatable bonds is 9. The van der Waals surface area contributed by atoms with Gasteiger partial charge in [-0.25, -0.2) is 9.98 Å². The molecule has 0 unspecified atom stereocenters. The SMILES string of the molecule is CCCC(O)(CCC)CNC(=NCc1scnc1C)NCC. The Balaban J connectivity index is 2.64. The van der Waals surface area contributed by atoms with Crippen molar-refractivity contribution in [2.24, 2.45) is 4.99 Å². The van der Waals surface area contributed by atoms with Crippen molar-refractivity contribution in [1.29, 1.82) is 0 Å². The molecule has 0 aliphatic carbocycles. The summed E-state index contributed by atoms with van der Waals surface area (Å²) in [5, 5.41) is 17.2. The number of aromatic nitrogens is 1. The zero-order valence-electron chi connectivity index (χ0n) is 14.3. The Morgan fingerprint density at radius 2 is 1.95 bits per heavy atom. The highest BCUT2D eigenvalue weighted by atomic mass is 32.1. The molecule has 0 fully saturated rings. The molecule has 0 saturated carbocycles. The van der Waals surface area contributed by atoms with Crippen LogP contribution in [0, 0.1) is 6.92 Å². The molecule has 0 radical (unpaired) electrons. The summed E-state index contributed by atoms with van der Waals surface area (Å²) in [6.45, 7) is 10.2. The molecule has 0 bridgehead atoms. The lowest BCUT2D eigenvalue weighted by molar-refractivity contribution is 0.0257. The normalized spacial score (nSPS) is 12.5. The summed E-state index contributed by atoms with van der Waals surface area (Å²) >= 11 is 1.63. The molecular weight excluding hydrogens is 296 g/mol. The summed E-state index contributed by atoms with van der Waals surface area (Å²) < 4.78 is 0. The van der Waals surface area contributed by atoms with E-state index >= 15 is 0 Å². The second-order valence-electron chi connectivity index (χ2n) is 5.63. The van der Waals surface area contributed by atoms with E-state index in [0.29, 0.717) is 13.1 Å². The first kappa shape index (κ1) is 18.9. The number of aliphatic imine (C=N–C) groups is 1. The standard InChI is InChI=1S/C16H30N4OS/c1-5-8-16(21,9-6-2)11-19-15(17-7-3)18-10-14-13(4)20-12-22-14/h12,21H,5-11H2,1-4H3,(H2,17,18,19). The minimum atomic E-state index is -0.653. The van der Waals surface area contributed by atoms with Gasteiger partial charge in [-0.15, -0.1) is 11.3 Å². The zero-order valence-corrected chi connectivity index (χ0v) is 15.1. The van der Waals surface area contributed by atoms with Crippen LogP contribution in [-0.2, 0) is 6.54 Å². The number of nitrogens with zero attached hydrogens (tertiary/aromatic N) is 2. The molecule has 0 aliphatic heterocycles. The number of aryl methyl sites for hydroxylation is 1. The van der Waals surface area contributed by atoms with Gasteiger partial charge in [-0.1, -0.05) is 26.7 Å². The van der Waals surface area contributed by atoms with Crippen LogP contribution in [0.15, 0.2) is 10.5 Å². The number of hydrogen-bond acceptors (Lipinski definition) is 4. The maximum absolute atomic E-state index is 10.7. The minimum Gasteiger partial charge on any atom is -0.388 e. The van der Waals surface area contributed by atoms with Crippen molar-refractivity contribution in [2.45, 2.75) is 65.5 Å². The lowest BCUT2D eigenvalue weighted by Gasteiger charge is -2.28. The van der Waals surface area contributed by atoms with E-state index in [1.807, 2.05) is 19.4 Å². The van der Waals surface area contributed by atoms with Gasteiger partial charge in [0.2, 0.25) is 0 Å². The Labute approximate surface area is 138 Å². The van der Waals surface area contributed by atoms with E-state index in [-0.39, 0.29) is 0 Å². The molecule has 0 aliphatic rings. The molecule has 1 aromatic rings. The van der Waals surface area contributed by atoms with Gasteiger partial charge < -0.3 is 15.7 Å². The summed E-state index contributed by atoms with van der Waals surface area (Å²) in [6.07, 6.45) is 3.57. The molecule has 1 heterocycles. The van der Waals surface area contributed by atoms with Crippen LogP contribution in [0.1, 0.15) is 57.0 Å². The number of hydrogen-bond donors (Lipinski definition) is 3. The van der Waals surface area contributed by atoms with Gasteiger partial charge in [0.05, 0.1) is 23.4 Å². The maximum atomic E-state index is 10.7. The van der Waals surface area contributed by atoms with E-state index in [4.69, 9.17) is 0 Å². The van der Waals surface area contributed by atoms with Gasteiger partial charge in [0.1, 0.15) is 0 Å². The zero-order chi connectivity index (χ0) is 16.4. The fourth-order valence-electron chi connectivity index (χ4n) is 2.45. The van der Waals surface area contributed by atoms with Crippen LogP contribution in [0.5, 0.6) is 0 Å². The lowest BCUT2D eigenvalue weighted by Crippen LogP contribution is -2.47. The van der Waals surface area contributed by atoms with Gasteiger partial charge in [0.25, 0.3) is 0 Å². The van der Waals surface area contributed by atoms with Crippen molar-refractivity contribution < 1.29 is 5.11 Å². The summed E-state index contributed by atoms with van der Waals surface area (Å²) in [5.74, 6) is 0.751. The molecule has 0 spiro atoms. The average molecular weight is 327 g/mol. The summed E-state index contributed by atoms with van der Waals surface area (Å²) in [4.78, 5) is 10.0. The average Bonchev–Trinajstić information content (AvgIpc) is 2.88. The number of nitrogens with one attached hydrogen (secondary N) is 2. The van der Waals surface area contributed by atoms with Crippen LogP contribution in [0.2, 0.25) is 0 Å². The molecule has 6 heteroatoms. The van der Waals surface area contributed by atoms with E-state index in [0.717, 1.165) is 43.9 Å². The molecule has 0 atom stereocenters. The van der Waals surface area contributed by atoms with E-state index < -0.39 is 5.60 Å². The number of thiazole rings is 1. The molecule has 0 saturated heterocycles. The van der Waals surface area contributed by atoms with E-state index in [2.05, 4.69) is 34.5 Å². The summed E-state index contributed by atoms with van der Waals surface area (Å²) in [6, 6.07) is 0. The van der Waals surface area contributed by atoms with Crippen molar-refractivity contribution >= 4 is 17.3 Å². The fraction of sp³-hybridized carbons (Fsp3) is 0.750. The van der Waals surface area contributed by atoms with Gasteiger partial charge in [0.15, 0.2) is 5.96 Å². The first-order valence-electron chi connectivity index (χ1n) is 8.18.